The van der Waals surface area contributed by atoms with Crippen molar-refractivity contribution in [3.8, 4) is 0 Å². The zero-order valence-electron chi connectivity index (χ0n) is 10.2. The standard InChI is InChI=1S/C13H18O3S/c1-3-11-8-16-9-13(11)17(14,15)12-6-4-10(2)5-7-12/h4-7,11,13H,3,8-9H2,1-2H3. The van der Waals surface area contributed by atoms with Gasteiger partial charge in [-0.2, -0.15) is 0 Å². The highest BCUT2D eigenvalue weighted by Crippen LogP contribution is 2.28. The maximum absolute atomic E-state index is 12.4. The molecule has 1 aromatic rings. The summed E-state index contributed by atoms with van der Waals surface area (Å²) >= 11 is 0. The fourth-order valence-electron chi connectivity index (χ4n) is 2.21. The number of rotatable bonds is 3. The van der Waals surface area contributed by atoms with E-state index < -0.39 is 9.84 Å². The normalized spacial score (nSPS) is 25.1. The van der Waals surface area contributed by atoms with E-state index in [1.165, 1.54) is 0 Å². The minimum Gasteiger partial charge on any atom is -0.380 e. The van der Waals surface area contributed by atoms with Crippen LogP contribution in [0.2, 0.25) is 0 Å². The molecule has 4 heteroatoms. The topological polar surface area (TPSA) is 43.4 Å². The second-order valence-electron chi connectivity index (χ2n) is 4.60. The predicted octanol–water partition coefficient (Wildman–Crippen LogP) is 2.19. The monoisotopic (exact) mass is 254 g/mol. The lowest BCUT2D eigenvalue weighted by Gasteiger charge is -2.16. The third-order valence-corrected chi connectivity index (χ3v) is 5.66. The summed E-state index contributed by atoms with van der Waals surface area (Å²) in [5.74, 6) is 0.126. The number of ether oxygens (including phenoxy) is 1. The van der Waals surface area contributed by atoms with Crippen molar-refractivity contribution in [1.29, 1.82) is 0 Å². The first-order valence-electron chi connectivity index (χ1n) is 5.94. The Morgan fingerprint density at radius 1 is 1.24 bits per heavy atom. The van der Waals surface area contributed by atoms with Gasteiger partial charge in [-0.25, -0.2) is 8.42 Å². The lowest BCUT2D eigenvalue weighted by molar-refractivity contribution is 0.185. The van der Waals surface area contributed by atoms with Crippen LogP contribution in [0.4, 0.5) is 0 Å². The van der Waals surface area contributed by atoms with Crippen LogP contribution in [0.3, 0.4) is 0 Å². The molecule has 1 saturated heterocycles. The summed E-state index contributed by atoms with van der Waals surface area (Å²) < 4.78 is 30.2. The van der Waals surface area contributed by atoms with Gasteiger partial charge in [0, 0.05) is 5.92 Å². The molecule has 0 aromatic heterocycles. The predicted molar refractivity (Wildman–Crippen MR) is 66.8 cm³/mol. The fraction of sp³-hybridized carbons (Fsp3) is 0.538. The first-order valence-corrected chi connectivity index (χ1v) is 7.48. The molecule has 0 aliphatic carbocycles. The molecule has 1 aromatic carbocycles. The summed E-state index contributed by atoms with van der Waals surface area (Å²) in [5.41, 5.74) is 1.07. The van der Waals surface area contributed by atoms with Crippen LogP contribution < -0.4 is 0 Å². The van der Waals surface area contributed by atoms with Crippen LogP contribution in [-0.2, 0) is 14.6 Å². The van der Waals surface area contributed by atoms with Crippen molar-refractivity contribution in [2.45, 2.75) is 30.4 Å². The molecule has 0 N–H and O–H groups in total. The molecule has 17 heavy (non-hydrogen) atoms. The molecule has 0 spiro atoms. The average Bonchev–Trinajstić information content (AvgIpc) is 2.78. The van der Waals surface area contributed by atoms with Gasteiger partial charge in [0.2, 0.25) is 0 Å². The Bertz CT molecular complexity index is 476. The van der Waals surface area contributed by atoms with E-state index in [4.69, 9.17) is 4.74 Å². The van der Waals surface area contributed by atoms with Crippen LogP contribution in [0, 0.1) is 12.8 Å². The first-order chi connectivity index (χ1) is 8.05. The highest BCUT2D eigenvalue weighted by atomic mass is 32.2. The van der Waals surface area contributed by atoms with Crippen LogP contribution >= 0.6 is 0 Å². The third-order valence-electron chi connectivity index (χ3n) is 3.41. The van der Waals surface area contributed by atoms with E-state index in [2.05, 4.69) is 0 Å². The van der Waals surface area contributed by atoms with E-state index in [-0.39, 0.29) is 11.2 Å². The molecule has 1 fully saturated rings. The summed E-state index contributed by atoms with van der Waals surface area (Å²) in [6, 6.07) is 7.05. The average molecular weight is 254 g/mol. The van der Waals surface area contributed by atoms with Gasteiger partial charge in [0.25, 0.3) is 0 Å². The molecule has 94 valence electrons. The zero-order chi connectivity index (χ0) is 12.5. The molecule has 1 heterocycles. The van der Waals surface area contributed by atoms with Crippen molar-refractivity contribution in [1.82, 2.24) is 0 Å². The SMILES string of the molecule is CCC1COCC1S(=O)(=O)c1ccc(C)cc1. The van der Waals surface area contributed by atoms with E-state index in [1.807, 2.05) is 26.0 Å². The van der Waals surface area contributed by atoms with Crippen molar-refractivity contribution in [3.05, 3.63) is 29.8 Å². The van der Waals surface area contributed by atoms with Gasteiger partial charge in [0.1, 0.15) is 0 Å². The second-order valence-corrected chi connectivity index (χ2v) is 6.77. The lowest BCUT2D eigenvalue weighted by atomic mass is 10.1. The summed E-state index contributed by atoms with van der Waals surface area (Å²) in [6.07, 6.45) is 0.843. The Morgan fingerprint density at radius 3 is 2.47 bits per heavy atom. The van der Waals surface area contributed by atoms with Crippen LogP contribution in [0.15, 0.2) is 29.2 Å². The Hall–Kier alpha value is -0.870. The van der Waals surface area contributed by atoms with Gasteiger partial charge in [-0.1, -0.05) is 24.6 Å². The quantitative estimate of drug-likeness (QED) is 0.830. The van der Waals surface area contributed by atoms with Crippen LogP contribution in [-0.4, -0.2) is 26.9 Å². The van der Waals surface area contributed by atoms with Gasteiger partial charge in [-0.15, -0.1) is 0 Å². The first kappa shape index (κ1) is 12.6. The van der Waals surface area contributed by atoms with Gasteiger partial charge in [-0.3, -0.25) is 0 Å². The minimum absolute atomic E-state index is 0.126. The summed E-state index contributed by atoms with van der Waals surface area (Å²) in [4.78, 5) is 0.414. The Morgan fingerprint density at radius 2 is 1.88 bits per heavy atom. The molecule has 0 radical (unpaired) electrons. The fourth-order valence-corrected chi connectivity index (χ4v) is 4.12. The zero-order valence-corrected chi connectivity index (χ0v) is 11.0. The molecule has 3 nitrogen and oxygen atoms in total. The minimum atomic E-state index is -3.24. The van der Waals surface area contributed by atoms with Crippen molar-refractivity contribution >= 4 is 9.84 Å². The van der Waals surface area contributed by atoms with Gasteiger partial charge in [0.05, 0.1) is 23.4 Å². The van der Waals surface area contributed by atoms with Crippen LogP contribution in [0.5, 0.6) is 0 Å². The Labute approximate surface area is 103 Å². The molecular formula is C13H18O3S. The van der Waals surface area contributed by atoms with Gasteiger partial charge in [-0.05, 0) is 25.5 Å². The molecule has 0 saturated carbocycles. The largest absolute Gasteiger partial charge is 0.380 e. The molecule has 2 atom stereocenters. The summed E-state index contributed by atoms with van der Waals surface area (Å²) in [5, 5.41) is -0.379. The molecule has 1 aliphatic rings. The maximum Gasteiger partial charge on any atom is 0.183 e. The number of hydrogen-bond acceptors (Lipinski definition) is 3. The molecule has 2 unspecified atom stereocenters. The van der Waals surface area contributed by atoms with Crippen molar-refractivity contribution in [2.75, 3.05) is 13.2 Å². The van der Waals surface area contributed by atoms with Gasteiger partial charge < -0.3 is 4.74 Å². The smallest absolute Gasteiger partial charge is 0.183 e. The van der Waals surface area contributed by atoms with Crippen molar-refractivity contribution in [2.24, 2.45) is 5.92 Å². The summed E-state index contributed by atoms with van der Waals surface area (Å²) in [7, 11) is -3.24. The Balaban J connectivity index is 2.33. The van der Waals surface area contributed by atoms with E-state index in [0.717, 1.165) is 12.0 Å². The van der Waals surface area contributed by atoms with E-state index in [0.29, 0.717) is 18.1 Å². The van der Waals surface area contributed by atoms with E-state index in [1.54, 1.807) is 12.1 Å². The van der Waals surface area contributed by atoms with Crippen LogP contribution in [0.1, 0.15) is 18.9 Å². The molecule has 0 bridgehead atoms. The third kappa shape index (κ3) is 2.38. The van der Waals surface area contributed by atoms with E-state index >= 15 is 0 Å². The number of benzene rings is 1. The Kier molecular flexibility index (Phi) is 3.54. The second kappa shape index (κ2) is 4.78. The van der Waals surface area contributed by atoms with Gasteiger partial charge >= 0.3 is 0 Å². The van der Waals surface area contributed by atoms with Crippen LogP contribution in [0.25, 0.3) is 0 Å². The number of hydrogen-bond donors (Lipinski definition) is 0. The highest BCUT2D eigenvalue weighted by Gasteiger charge is 2.38. The highest BCUT2D eigenvalue weighted by molar-refractivity contribution is 7.92. The maximum atomic E-state index is 12.4. The van der Waals surface area contributed by atoms with E-state index in [9.17, 15) is 8.42 Å². The molecule has 1 aliphatic heterocycles. The molecule has 2 rings (SSSR count). The van der Waals surface area contributed by atoms with Crippen molar-refractivity contribution in [3.63, 3.8) is 0 Å². The lowest BCUT2D eigenvalue weighted by Crippen LogP contribution is -2.28. The van der Waals surface area contributed by atoms with Gasteiger partial charge in [0.15, 0.2) is 9.84 Å². The molecular weight excluding hydrogens is 236 g/mol. The summed E-state index contributed by atoms with van der Waals surface area (Å²) in [6.45, 7) is 4.85. The number of sulfone groups is 1. The molecule has 0 amide bonds. The number of aryl methyl sites for hydroxylation is 1. The van der Waals surface area contributed by atoms with Crippen molar-refractivity contribution < 1.29 is 13.2 Å².